The number of nitrogens with one attached hydrogen (secondary N) is 1. The summed E-state index contributed by atoms with van der Waals surface area (Å²) in [6.45, 7) is 1.72. The molecule has 0 aliphatic carbocycles. The maximum absolute atomic E-state index is 12.3. The molecule has 3 heterocycles. The lowest BCUT2D eigenvalue weighted by molar-refractivity contribution is -0.129. The number of nitrogen functional groups attached to an aromatic ring is 2. The number of nitrogens with zero attached hydrogens (tertiary/aromatic N) is 3. The molecule has 0 aromatic carbocycles. The molecule has 10 nitrogen and oxygen atoms in total. The van der Waals surface area contributed by atoms with Gasteiger partial charge in [0.2, 0.25) is 5.91 Å². The molecule has 1 fully saturated rings. The highest BCUT2D eigenvalue weighted by atomic mass is 32.2. The van der Waals surface area contributed by atoms with Crippen molar-refractivity contribution in [2.45, 2.75) is 5.16 Å². The first-order valence-electron chi connectivity index (χ1n) is 7.84. The Kier molecular flexibility index (Phi) is 5.16. The molecule has 1 saturated heterocycles. The van der Waals surface area contributed by atoms with Gasteiger partial charge < -0.3 is 25.7 Å². The van der Waals surface area contributed by atoms with E-state index in [1.807, 2.05) is 0 Å². The summed E-state index contributed by atoms with van der Waals surface area (Å²) < 4.78 is 5.11. The molecule has 0 atom stereocenters. The predicted octanol–water partition coefficient (Wildman–Crippen LogP) is -0.396. The molecule has 2 aromatic rings. The molecule has 138 valence electrons. The van der Waals surface area contributed by atoms with Crippen LogP contribution in [0.1, 0.15) is 10.6 Å². The van der Waals surface area contributed by atoms with E-state index in [-0.39, 0.29) is 40.0 Å². The summed E-state index contributed by atoms with van der Waals surface area (Å²) >= 11 is 1.08. The lowest BCUT2D eigenvalue weighted by Gasteiger charge is -2.34. The summed E-state index contributed by atoms with van der Waals surface area (Å²) in [7, 11) is 0. The Morgan fingerprint density at radius 3 is 2.54 bits per heavy atom. The molecule has 26 heavy (non-hydrogen) atoms. The number of piperazine rings is 1. The van der Waals surface area contributed by atoms with Gasteiger partial charge in [0.15, 0.2) is 16.7 Å². The molecular weight excluding hydrogens is 360 g/mol. The molecule has 2 aromatic heterocycles. The van der Waals surface area contributed by atoms with E-state index in [2.05, 4.69) is 9.97 Å². The molecule has 0 unspecified atom stereocenters. The number of carbonyl (C=O) groups is 2. The van der Waals surface area contributed by atoms with Crippen molar-refractivity contribution in [2.75, 3.05) is 43.4 Å². The Balaban J connectivity index is 1.51. The molecule has 0 saturated carbocycles. The monoisotopic (exact) mass is 378 g/mol. The number of anilines is 2. The fourth-order valence-electron chi connectivity index (χ4n) is 2.48. The zero-order chi connectivity index (χ0) is 18.7. The first-order chi connectivity index (χ1) is 12.5. The molecule has 0 spiro atoms. The van der Waals surface area contributed by atoms with Crippen LogP contribution in [-0.4, -0.2) is 63.5 Å². The zero-order valence-electron chi connectivity index (χ0n) is 13.8. The van der Waals surface area contributed by atoms with E-state index in [0.717, 1.165) is 11.8 Å². The Morgan fingerprint density at radius 1 is 1.23 bits per heavy atom. The van der Waals surface area contributed by atoms with E-state index in [0.29, 0.717) is 26.2 Å². The number of nitrogens with two attached hydrogens (primary N) is 2. The highest BCUT2D eigenvalue weighted by molar-refractivity contribution is 7.99. The van der Waals surface area contributed by atoms with Crippen LogP contribution in [0.15, 0.2) is 32.8 Å². The van der Waals surface area contributed by atoms with Gasteiger partial charge in [0.05, 0.1) is 12.0 Å². The topological polar surface area (TPSA) is 152 Å². The Bertz CT molecular complexity index is 858. The van der Waals surface area contributed by atoms with Crippen LogP contribution in [0.2, 0.25) is 0 Å². The number of amides is 2. The molecule has 5 N–H and O–H groups in total. The Labute approximate surface area is 152 Å². The zero-order valence-corrected chi connectivity index (χ0v) is 14.6. The van der Waals surface area contributed by atoms with E-state index in [4.69, 9.17) is 15.9 Å². The second-order valence-electron chi connectivity index (χ2n) is 5.61. The molecule has 0 bridgehead atoms. The smallest absolute Gasteiger partial charge is 0.289 e. The van der Waals surface area contributed by atoms with Gasteiger partial charge >= 0.3 is 0 Å². The van der Waals surface area contributed by atoms with Gasteiger partial charge in [-0.1, -0.05) is 11.8 Å². The van der Waals surface area contributed by atoms with Gasteiger partial charge in [-0.2, -0.15) is 0 Å². The lowest BCUT2D eigenvalue weighted by atomic mass is 10.3. The first-order valence-corrected chi connectivity index (χ1v) is 8.83. The minimum atomic E-state index is -0.530. The second kappa shape index (κ2) is 7.52. The summed E-state index contributed by atoms with van der Waals surface area (Å²) in [5, 5.41) is 0.238. The van der Waals surface area contributed by atoms with Crippen LogP contribution in [-0.2, 0) is 4.79 Å². The highest BCUT2D eigenvalue weighted by Crippen LogP contribution is 2.16. The summed E-state index contributed by atoms with van der Waals surface area (Å²) in [5.41, 5.74) is 10.3. The number of hydrogen-bond donors (Lipinski definition) is 3. The first kappa shape index (κ1) is 17.9. The molecule has 1 aliphatic rings. The van der Waals surface area contributed by atoms with Gasteiger partial charge in [-0.05, 0) is 12.1 Å². The maximum Gasteiger partial charge on any atom is 0.289 e. The average molecular weight is 378 g/mol. The van der Waals surface area contributed by atoms with E-state index in [1.165, 1.54) is 6.26 Å². The van der Waals surface area contributed by atoms with Gasteiger partial charge in [-0.3, -0.25) is 19.4 Å². The second-order valence-corrected chi connectivity index (χ2v) is 6.57. The average Bonchev–Trinajstić information content (AvgIpc) is 3.18. The number of carbonyl (C=O) groups excluding carboxylic acids is 2. The summed E-state index contributed by atoms with van der Waals surface area (Å²) in [4.78, 5) is 45.8. The lowest BCUT2D eigenvalue weighted by Crippen LogP contribution is -2.51. The number of H-pyrrole nitrogens is 1. The van der Waals surface area contributed by atoms with Crippen LogP contribution >= 0.6 is 11.8 Å². The van der Waals surface area contributed by atoms with Crippen molar-refractivity contribution < 1.29 is 14.0 Å². The van der Waals surface area contributed by atoms with Crippen molar-refractivity contribution in [3.63, 3.8) is 0 Å². The Hall–Kier alpha value is -2.95. The SMILES string of the molecule is Nc1nc(SCC(=O)N2CCN(C(=O)c3ccco3)CC2)[nH]c(=O)c1N. The van der Waals surface area contributed by atoms with Crippen molar-refractivity contribution in [3.8, 4) is 0 Å². The summed E-state index contributed by atoms with van der Waals surface area (Å²) in [6.07, 6.45) is 1.45. The molecule has 3 rings (SSSR count). The third-order valence-corrected chi connectivity index (χ3v) is 4.81. The number of thioether (sulfide) groups is 1. The Morgan fingerprint density at radius 2 is 1.92 bits per heavy atom. The van der Waals surface area contributed by atoms with Gasteiger partial charge in [-0.15, -0.1) is 0 Å². The van der Waals surface area contributed by atoms with Crippen LogP contribution in [0.25, 0.3) is 0 Å². The van der Waals surface area contributed by atoms with E-state index in [9.17, 15) is 14.4 Å². The molecule has 2 amide bonds. The van der Waals surface area contributed by atoms with Crippen molar-refractivity contribution in [1.29, 1.82) is 0 Å². The fraction of sp³-hybridized carbons (Fsp3) is 0.333. The van der Waals surface area contributed by atoms with Crippen LogP contribution in [0.3, 0.4) is 0 Å². The van der Waals surface area contributed by atoms with Crippen molar-refractivity contribution >= 4 is 35.1 Å². The third kappa shape index (κ3) is 3.82. The molecule has 0 radical (unpaired) electrons. The number of aromatic nitrogens is 2. The van der Waals surface area contributed by atoms with Crippen LogP contribution in [0.5, 0.6) is 0 Å². The fourth-order valence-corrected chi connectivity index (χ4v) is 3.25. The van der Waals surface area contributed by atoms with Gasteiger partial charge in [0.25, 0.3) is 11.5 Å². The number of furan rings is 1. The van der Waals surface area contributed by atoms with Crippen molar-refractivity contribution in [2.24, 2.45) is 0 Å². The number of hydrogen-bond acceptors (Lipinski definition) is 8. The maximum atomic E-state index is 12.3. The van der Waals surface area contributed by atoms with Crippen LogP contribution in [0, 0.1) is 0 Å². The summed E-state index contributed by atoms with van der Waals surface area (Å²) in [5.74, 6) is 0.0251. The minimum Gasteiger partial charge on any atom is -0.459 e. The van der Waals surface area contributed by atoms with E-state index < -0.39 is 5.56 Å². The van der Waals surface area contributed by atoms with Gasteiger partial charge in [0.1, 0.15) is 5.69 Å². The summed E-state index contributed by atoms with van der Waals surface area (Å²) in [6, 6.07) is 3.27. The predicted molar refractivity (Wildman–Crippen MR) is 95.6 cm³/mol. The number of rotatable bonds is 4. The normalized spacial score (nSPS) is 14.5. The standard InChI is InChI=1S/C15H18N6O4S/c16-11-12(17)18-15(19-13(11)23)26-8-10(22)20-3-5-21(6-4-20)14(24)9-2-1-7-25-9/h1-2,7H,3-6,8,16H2,(H3,17,18,19,23). The molecule has 11 heteroatoms. The molecular formula is C15H18N6O4S. The van der Waals surface area contributed by atoms with Crippen LogP contribution < -0.4 is 17.0 Å². The van der Waals surface area contributed by atoms with Crippen molar-refractivity contribution in [3.05, 3.63) is 34.5 Å². The number of aromatic amines is 1. The highest BCUT2D eigenvalue weighted by Gasteiger charge is 2.26. The largest absolute Gasteiger partial charge is 0.459 e. The minimum absolute atomic E-state index is 0.0613. The van der Waals surface area contributed by atoms with Gasteiger partial charge in [-0.25, -0.2) is 4.98 Å². The van der Waals surface area contributed by atoms with E-state index in [1.54, 1.807) is 21.9 Å². The molecule has 1 aliphatic heterocycles. The quantitative estimate of drug-likeness (QED) is 0.480. The third-order valence-electron chi connectivity index (χ3n) is 3.95. The van der Waals surface area contributed by atoms with Crippen LogP contribution in [0.4, 0.5) is 11.5 Å². The van der Waals surface area contributed by atoms with Gasteiger partial charge in [0, 0.05) is 26.2 Å². The van der Waals surface area contributed by atoms with Crippen molar-refractivity contribution in [1.82, 2.24) is 19.8 Å². The van der Waals surface area contributed by atoms with E-state index >= 15 is 0 Å².